The average Bonchev–Trinajstić information content (AvgIpc) is 2.87. The molecule has 1 fully saturated rings. The van der Waals surface area contributed by atoms with E-state index in [1.54, 1.807) is 6.92 Å². The monoisotopic (exact) mass is 529 g/mol. The molecule has 0 spiro atoms. The van der Waals surface area contributed by atoms with E-state index in [1.165, 1.54) is 32.2 Å². The highest BCUT2D eigenvalue weighted by Crippen LogP contribution is 2.52. The van der Waals surface area contributed by atoms with Crippen molar-refractivity contribution in [2.45, 2.75) is 75.5 Å². The van der Waals surface area contributed by atoms with E-state index in [0.717, 1.165) is 0 Å². The number of nitrogens with two attached hydrogens (primary N) is 1. The Morgan fingerprint density at radius 1 is 1.13 bits per heavy atom. The summed E-state index contributed by atoms with van der Waals surface area (Å²) in [5, 5.41) is 54.7. The molecule has 2 aliphatic carbocycles. The van der Waals surface area contributed by atoms with Crippen molar-refractivity contribution in [1.82, 2.24) is 0 Å². The quantitative estimate of drug-likeness (QED) is 0.263. The summed E-state index contributed by atoms with van der Waals surface area (Å²) in [5.74, 6) is -2.44. The second kappa shape index (κ2) is 9.30. The second-order valence-electron chi connectivity index (χ2n) is 10.3. The number of phenols is 2. The number of phenolic OH excluding ortho intramolecular Hbond substituents is 2. The third kappa shape index (κ3) is 3.89. The Bertz CT molecular complexity index is 1310. The van der Waals surface area contributed by atoms with Crippen LogP contribution in [0.25, 0.3) is 0 Å². The number of ether oxygens (including phenoxy) is 3. The van der Waals surface area contributed by atoms with Crippen molar-refractivity contribution < 1.29 is 49.3 Å². The molecule has 0 radical (unpaired) electrons. The summed E-state index contributed by atoms with van der Waals surface area (Å²) in [6.07, 6.45) is -5.47. The Morgan fingerprint density at radius 2 is 1.82 bits per heavy atom. The van der Waals surface area contributed by atoms with Crippen molar-refractivity contribution >= 4 is 11.6 Å². The summed E-state index contributed by atoms with van der Waals surface area (Å²) in [6.45, 7) is 3.00. The van der Waals surface area contributed by atoms with Gasteiger partial charge in [-0.25, -0.2) is 0 Å². The van der Waals surface area contributed by atoms with Gasteiger partial charge in [0.05, 0.1) is 53.8 Å². The Balaban J connectivity index is 1.68. The van der Waals surface area contributed by atoms with Gasteiger partial charge in [0, 0.05) is 42.0 Å². The van der Waals surface area contributed by atoms with Gasteiger partial charge in [-0.15, -0.1) is 0 Å². The molecule has 1 aliphatic heterocycles. The highest BCUT2D eigenvalue weighted by atomic mass is 16.7. The van der Waals surface area contributed by atoms with Crippen LogP contribution < -0.4 is 10.5 Å². The summed E-state index contributed by atoms with van der Waals surface area (Å²) >= 11 is 0. The van der Waals surface area contributed by atoms with E-state index in [1.807, 2.05) is 0 Å². The molecule has 7 atom stereocenters. The van der Waals surface area contributed by atoms with E-state index in [4.69, 9.17) is 19.9 Å². The molecule has 0 aromatic heterocycles. The third-order valence-electron chi connectivity index (χ3n) is 7.95. The molecular weight excluding hydrogens is 498 g/mol. The van der Waals surface area contributed by atoms with Gasteiger partial charge in [0.25, 0.3) is 0 Å². The second-order valence-corrected chi connectivity index (χ2v) is 10.3. The molecular formula is C27H31NO10. The number of ketones is 2. The van der Waals surface area contributed by atoms with Crippen molar-refractivity contribution in [2.24, 2.45) is 5.73 Å². The van der Waals surface area contributed by atoms with Crippen molar-refractivity contribution in [3.05, 3.63) is 51.6 Å². The SMILES string of the molecule is COc1cccc2c1C(=O)c1c(O)c3c(c(O)c1C2=O)C[C@@](O)([C@@H](C)O)C[C@H]3O[C@H]1C[C@@H](N)[C@H](O)[C@H](C)O1. The number of fused-ring (bicyclic) bond motifs is 3. The number of carbonyl (C=O) groups is 2. The van der Waals surface area contributed by atoms with Gasteiger partial charge in [0.2, 0.25) is 5.78 Å². The molecule has 0 saturated carbocycles. The predicted molar refractivity (Wildman–Crippen MR) is 131 cm³/mol. The number of hydrogen-bond donors (Lipinski definition) is 6. The minimum absolute atomic E-state index is 0.00187. The predicted octanol–water partition coefficient (Wildman–Crippen LogP) is 0.821. The van der Waals surface area contributed by atoms with Crippen molar-refractivity contribution in [1.29, 1.82) is 0 Å². The number of benzene rings is 2. The maximum absolute atomic E-state index is 13.6. The number of hydrogen-bond acceptors (Lipinski definition) is 11. The molecule has 38 heavy (non-hydrogen) atoms. The average molecular weight is 530 g/mol. The van der Waals surface area contributed by atoms with E-state index in [9.17, 15) is 35.1 Å². The molecule has 7 N–H and O–H groups in total. The van der Waals surface area contributed by atoms with Crippen molar-refractivity contribution in [2.75, 3.05) is 7.11 Å². The molecule has 0 bridgehead atoms. The van der Waals surface area contributed by atoms with Gasteiger partial charge in [-0.05, 0) is 19.9 Å². The highest BCUT2D eigenvalue weighted by molar-refractivity contribution is 6.31. The van der Waals surface area contributed by atoms with E-state index < -0.39 is 76.5 Å². The molecule has 2 aromatic carbocycles. The lowest BCUT2D eigenvalue weighted by molar-refractivity contribution is -0.250. The van der Waals surface area contributed by atoms with Crippen LogP contribution in [0.2, 0.25) is 0 Å². The zero-order valence-electron chi connectivity index (χ0n) is 21.2. The largest absolute Gasteiger partial charge is 0.507 e. The summed E-state index contributed by atoms with van der Waals surface area (Å²) in [5.41, 5.74) is 3.37. The fourth-order valence-electron chi connectivity index (χ4n) is 5.74. The van der Waals surface area contributed by atoms with E-state index in [0.29, 0.717) is 0 Å². The van der Waals surface area contributed by atoms with Gasteiger partial charge in [-0.1, -0.05) is 12.1 Å². The molecule has 1 saturated heterocycles. The van der Waals surface area contributed by atoms with E-state index in [2.05, 4.69) is 0 Å². The standard InChI is InChI=1S/C27H31NO10/c1-10-22(30)14(28)7-17(37-10)38-16-9-27(35,11(2)29)8-13-19(16)26(34)21-20(24(13)32)23(31)12-5-4-6-15(36-3)18(12)25(21)33/h4-6,10-11,14,16-17,22,29-30,32,34-35H,7-9,28H2,1-3H3/t10-,11+,14+,16+,17-,22+,27-/m0/s1. The van der Waals surface area contributed by atoms with Gasteiger partial charge in [0.15, 0.2) is 12.1 Å². The van der Waals surface area contributed by atoms with Crippen LogP contribution >= 0.6 is 0 Å². The minimum Gasteiger partial charge on any atom is -0.507 e. The number of aliphatic hydroxyl groups excluding tert-OH is 2. The van der Waals surface area contributed by atoms with Gasteiger partial charge < -0.3 is 45.5 Å². The number of aliphatic hydroxyl groups is 3. The van der Waals surface area contributed by atoms with Gasteiger partial charge >= 0.3 is 0 Å². The summed E-state index contributed by atoms with van der Waals surface area (Å²) in [4.78, 5) is 27.1. The van der Waals surface area contributed by atoms with Crippen molar-refractivity contribution in [3.8, 4) is 17.2 Å². The maximum Gasteiger partial charge on any atom is 0.202 e. The molecule has 11 heteroatoms. The fraction of sp³-hybridized carbons (Fsp3) is 0.481. The van der Waals surface area contributed by atoms with Crippen molar-refractivity contribution in [3.63, 3.8) is 0 Å². The zero-order valence-corrected chi connectivity index (χ0v) is 21.2. The molecule has 0 unspecified atom stereocenters. The van der Waals surface area contributed by atoms with Crippen LogP contribution in [0.5, 0.6) is 17.2 Å². The molecule has 2 aromatic rings. The molecule has 0 amide bonds. The first-order valence-electron chi connectivity index (χ1n) is 12.4. The Kier molecular flexibility index (Phi) is 6.49. The smallest absolute Gasteiger partial charge is 0.202 e. The normalized spacial score (nSPS) is 31.3. The number of aromatic hydroxyl groups is 2. The van der Waals surface area contributed by atoms with Crippen LogP contribution in [0.1, 0.15) is 75.8 Å². The van der Waals surface area contributed by atoms with E-state index >= 15 is 0 Å². The summed E-state index contributed by atoms with van der Waals surface area (Å²) < 4.78 is 17.1. The van der Waals surface area contributed by atoms with E-state index in [-0.39, 0.29) is 47.3 Å². The topological polar surface area (TPSA) is 189 Å². The molecule has 5 rings (SSSR count). The van der Waals surface area contributed by atoms with Gasteiger partial charge in [-0.2, -0.15) is 0 Å². The summed E-state index contributed by atoms with van der Waals surface area (Å²) in [6, 6.07) is 3.80. The third-order valence-corrected chi connectivity index (χ3v) is 7.95. The molecule has 204 valence electrons. The first-order valence-corrected chi connectivity index (χ1v) is 12.4. The lowest BCUT2D eigenvalue weighted by Gasteiger charge is -2.43. The zero-order chi connectivity index (χ0) is 27.7. The fourth-order valence-corrected chi connectivity index (χ4v) is 5.74. The van der Waals surface area contributed by atoms with Crippen LogP contribution in [0.4, 0.5) is 0 Å². The minimum atomic E-state index is -1.80. The Hall–Kier alpha value is -3.06. The van der Waals surface area contributed by atoms with Crippen LogP contribution in [-0.2, 0) is 15.9 Å². The maximum atomic E-state index is 13.6. The first kappa shape index (κ1) is 26.5. The van der Waals surface area contributed by atoms with Crippen LogP contribution in [-0.4, -0.2) is 80.5 Å². The molecule has 11 nitrogen and oxygen atoms in total. The number of rotatable bonds is 4. The van der Waals surface area contributed by atoms with Gasteiger partial charge in [0.1, 0.15) is 17.2 Å². The summed E-state index contributed by atoms with van der Waals surface area (Å²) in [7, 11) is 1.35. The van der Waals surface area contributed by atoms with Gasteiger partial charge in [-0.3, -0.25) is 9.59 Å². The number of methoxy groups -OCH3 is 1. The first-order chi connectivity index (χ1) is 17.9. The molecule has 1 heterocycles. The Morgan fingerprint density at radius 3 is 2.45 bits per heavy atom. The lowest BCUT2D eigenvalue weighted by Crippen LogP contribution is -2.53. The Labute approximate surface area is 218 Å². The number of carbonyl (C=O) groups excluding carboxylic acids is 2. The molecule has 3 aliphatic rings. The lowest BCUT2D eigenvalue weighted by atomic mass is 9.71. The van der Waals surface area contributed by atoms with Crippen LogP contribution in [0.3, 0.4) is 0 Å². The van der Waals surface area contributed by atoms with Crippen LogP contribution in [0.15, 0.2) is 18.2 Å². The van der Waals surface area contributed by atoms with Crippen LogP contribution in [0, 0.1) is 0 Å². The highest BCUT2D eigenvalue weighted by Gasteiger charge is 2.49.